The number of hydrogen-bond acceptors (Lipinski definition) is 7. The lowest BCUT2D eigenvalue weighted by atomic mass is 10.1. The zero-order chi connectivity index (χ0) is 20.4. The number of carbonyl (C=O) groups excluding carboxylic acids is 2. The molecule has 1 aliphatic heterocycles. The van der Waals surface area contributed by atoms with Gasteiger partial charge in [-0.25, -0.2) is 19.6 Å². The summed E-state index contributed by atoms with van der Waals surface area (Å²) >= 11 is 1.18. The Morgan fingerprint density at radius 3 is 2.83 bits per heavy atom. The highest BCUT2D eigenvalue weighted by Gasteiger charge is 2.33. The van der Waals surface area contributed by atoms with Gasteiger partial charge in [-0.3, -0.25) is 4.90 Å². The summed E-state index contributed by atoms with van der Waals surface area (Å²) in [6.07, 6.45) is 1.39. The number of ether oxygens (including phenoxy) is 1. The number of esters is 1. The van der Waals surface area contributed by atoms with Crippen molar-refractivity contribution in [1.82, 2.24) is 14.9 Å². The van der Waals surface area contributed by atoms with Crippen molar-refractivity contribution in [1.29, 1.82) is 0 Å². The van der Waals surface area contributed by atoms with Gasteiger partial charge in [-0.1, -0.05) is 41.7 Å². The van der Waals surface area contributed by atoms with Crippen LogP contribution in [0.25, 0.3) is 11.3 Å². The Kier molecular flexibility index (Phi) is 5.30. The molecule has 0 unspecified atom stereocenters. The van der Waals surface area contributed by atoms with E-state index in [1.165, 1.54) is 17.7 Å². The van der Waals surface area contributed by atoms with Crippen LogP contribution in [0.1, 0.15) is 28.0 Å². The second-order valence-corrected chi connectivity index (χ2v) is 7.46. The lowest BCUT2D eigenvalue weighted by Gasteiger charge is -2.16. The van der Waals surface area contributed by atoms with Crippen LogP contribution in [0.4, 0.5) is 9.93 Å². The standard InChI is InChI=1S/C20H20N4O4S/c1-3-27-18(25)17-13(2)22-19(29-17)24-10-9-23(20(24)26)11-15-16(28-12-21-15)14-7-5-4-6-8-14/h4-8,12H,3,9-11H2,1-2H3. The number of amides is 2. The van der Waals surface area contributed by atoms with Gasteiger partial charge in [0.05, 0.1) is 18.8 Å². The van der Waals surface area contributed by atoms with E-state index in [4.69, 9.17) is 9.15 Å². The summed E-state index contributed by atoms with van der Waals surface area (Å²) in [5, 5.41) is 0.501. The molecule has 3 heterocycles. The topological polar surface area (TPSA) is 88.8 Å². The summed E-state index contributed by atoms with van der Waals surface area (Å²) < 4.78 is 10.6. The molecule has 2 amide bonds. The Bertz CT molecular complexity index is 1030. The fraction of sp³-hybridized carbons (Fsp3) is 0.300. The van der Waals surface area contributed by atoms with Crippen molar-refractivity contribution in [2.75, 3.05) is 24.6 Å². The maximum atomic E-state index is 12.9. The van der Waals surface area contributed by atoms with Crippen LogP contribution in [0.2, 0.25) is 0 Å². The molecule has 2 aromatic heterocycles. The minimum atomic E-state index is -0.410. The van der Waals surface area contributed by atoms with Crippen LogP contribution < -0.4 is 4.90 Å². The first-order valence-corrected chi connectivity index (χ1v) is 10.1. The predicted molar refractivity (Wildman–Crippen MR) is 108 cm³/mol. The predicted octanol–water partition coefficient (Wildman–Crippen LogP) is 3.73. The molecule has 150 valence electrons. The van der Waals surface area contributed by atoms with Crippen molar-refractivity contribution in [3.05, 3.63) is 53.0 Å². The molecule has 1 fully saturated rings. The number of nitrogens with zero attached hydrogens (tertiary/aromatic N) is 4. The van der Waals surface area contributed by atoms with E-state index in [9.17, 15) is 9.59 Å². The highest BCUT2D eigenvalue weighted by atomic mass is 32.1. The maximum Gasteiger partial charge on any atom is 0.350 e. The van der Waals surface area contributed by atoms with Gasteiger partial charge in [-0.2, -0.15) is 0 Å². The smallest absolute Gasteiger partial charge is 0.350 e. The Morgan fingerprint density at radius 2 is 2.07 bits per heavy atom. The number of aryl methyl sites for hydroxylation is 1. The zero-order valence-corrected chi connectivity index (χ0v) is 16.9. The number of carbonyl (C=O) groups is 2. The second kappa shape index (κ2) is 8.04. The molecule has 0 N–H and O–H groups in total. The van der Waals surface area contributed by atoms with Gasteiger partial charge in [-0.15, -0.1) is 0 Å². The van der Waals surface area contributed by atoms with Crippen molar-refractivity contribution >= 4 is 28.5 Å². The number of thiazole rings is 1. The first kappa shape index (κ1) is 19.1. The van der Waals surface area contributed by atoms with Crippen LogP contribution in [0, 0.1) is 6.92 Å². The first-order chi connectivity index (χ1) is 14.1. The van der Waals surface area contributed by atoms with Gasteiger partial charge < -0.3 is 14.1 Å². The summed E-state index contributed by atoms with van der Waals surface area (Å²) in [5.74, 6) is 0.249. The number of hydrogen-bond donors (Lipinski definition) is 0. The molecule has 4 rings (SSSR count). The highest BCUT2D eigenvalue weighted by molar-refractivity contribution is 7.17. The number of benzene rings is 1. The Hall–Kier alpha value is -3.20. The van der Waals surface area contributed by atoms with Crippen molar-refractivity contribution in [3.63, 3.8) is 0 Å². The van der Waals surface area contributed by atoms with Gasteiger partial charge in [0.15, 0.2) is 17.3 Å². The van der Waals surface area contributed by atoms with Crippen LogP contribution in [-0.4, -0.2) is 46.6 Å². The molecule has 1 aromatic carbocycles. The van der Waals surface area contributed by atoms with Crippen LogP contribution in [0.3, 0.4) is 0 Å². The molecule has 29 heavy (non-hydrogen) atoms. The van der Waals surface area contributed by atoms with Crippen LogP contribution in [-0.2, 0) is 11.3 Å². The molecule has 0 bridgehead atoms. The summed E-state index contributed by atoms with van der Waals surface area (Å²) in [5.41, 5.74) is 2.18. The summed E-state index contributed by atoms with van der Waals surface area (Å²) in [7, 11) is 0. The van der Waals surface area contributed by atoms with E-state index < -0.39 is 5.97 Å². The molecular formula is C20H20N4O4S. The van der Waals surface area contributed by atoms with Crippen LogP contribution in [0.5, 0.6) is 0 Å². The Labute approximate surface area is 171 Å². The van der Waals surface area contributed by atoms with Gasteiger partial charge in [-0.05, 0) is 13.8 Å². The monoisotopic (exact) mass is 412 g/mol. The van der Waals surface area contributed by atoms with Crippen molar-refractivity contribution < 1.29 is 18.7 Å². The minimum absolute atomic E-state index is 0.170. The molecule has 0 aliphatic carbocycles. The van der Waals surface area contributed by atoms with Crippen molar-refractivity contribution in [3.8, 4) is 11.3 Å². The minimum Gasteiger partial charge on any atom is -0.462 e. The molecule has 0 saturated carbocycles. The molecule has 1 aliphatic rings. The molecule has 0 spiro atoms. The normalized spacial score (nSPS) is 13.9. The highest BCUT2D eigenvalue weighted by Crippen LogP contribution is 2.31. The fourth-order valence-corrected chi connectivity index (χ4v) is 4.16. The van der Waals surface area contributed by atoms with Crippen molar-refractivity contribution in [2.45, 2.75) is 20.4 Å². The van der Waals surface area contributed by atoms with Gasteiger partial charge in [0.2, 0.25) is 0 Å². The molecule has 3 aromatic rings. The molecule has 9 heteroatoms. The number of oxazole rings is 1. The summed E-state index contributed by atoms with van der Waals surface area (Å²) in [4.78, 5) is 37.4. The third-order valence-electron chi connectivity index (χ3n) is 4.59. The van der Waals surface area contributed by atoms with E-state index in [0.717, 1.165) is 5.56 Å². The van der Waals surface area contributed by atoms with Gasteiger partial charge in [0.25, 0.3) is 0 Å². The first-order valence-electron chi connectivity index (χ1n) is 9.27. The lowest BCUT2D eigenvalue weighted by molar-refractivity contribution is 0.0531. The third-order valence-corrected chi connectivity index (χ3v) is 5.75. The number of rotatable bonds is 6. The van der Waals surface area contributed by atoms with E-state index in [-0.39, 0.29) is 6.03 Å². The molecule has 0 atom stereocenters. The SMILES string of the molecule is CCOC(=O)c1sc(N2CCN(Cc3ncoc3-c3ccccc3)C2=O)nc1C. The number of urea groups is 1. The summed E-state index contributed by atoms with van der Waals surface area (Å²) in [6.45, 7) is 5.16. The van der Waals surface area contributed by atoms with Crippen LogP contribution in [0.15, 0.2) is 41.1 Å². The summed E-state index contributed by atoms with van der Waals surface area (Å²) in [6, 6.07) is 9.50. The Balaban J connectivity index is 1.50. The Morgan fingerprint density at radius 1 is 1.28 bits per heavy atom. The lowest BCUT2D eigenvalue weighted by Crippen LogP contribution is -2.31. The average molecular weight is 412 g/mol. The van der Waals surface area contributed by atoms with Gasteiger partial charge in [0.1, 0.15) is 10.6 Å². The van der Waals surface area contributed by atoms with Crippen LogP contribution >= 0.6 is 11.3 Å². The maximum absolute atomic E-state index is 12.9. The number of aromatic nitrogens is 2. The van der Waals surface area contributed by atoms with E-state index in [0.29, 0.717) is 53.4 Å². The number of anilines is 1. The van der Waals surface area contributed by atoms with E-state index in [1.54, 1.807) is 23.6 Å². The zero-order valence-electron chi connectivity index (χ0n) is 16.1. The molecule has 0 radical (unpaired) electrons. The fourth-order valence-electron chi connectivity index (χ4n) is 3.18. The quantitative estimate of drug-likeness (QED) is 0.573. The average Bonchev–Trinajstić information content (AvgIpc) is 3.43. The van der Waals surface area contributed by atoms with E-state index in [1.807, 2.05) is 30.3 Å². The largest absolute Gasteiger partial charge is 0.462 e. The van der Waals surface area contributed by atoms with Crippen molar-refractivity contribution in [2.24, 2.45) is 0 Å². The van der Waals surface area contributed by atoms with E-state index in [2.05, 4.69) is 9.97 Å². The third kappa shape index (κ3) is 3.73. The van der Waals surface area contributed by atoms with E-state index >= 15 is 0 Å². The second-order valence-electron chi connectivity index (χ2n) is 6.48. The molecular weight excluding hydrogens is 392 g/mol. The van der Waals surface area contributed by atoms with Gasteiger partial charge >= 0.3 is 12.0 Å². The molecule has 1 saturated heterocycles. The van der Waals surface area contributed by atoms with Gasteiger partial charge in [0, 0.05) is 18.7 Å². The molecule has 8 nitrogen and oxygen atoms in total.